The van der Waals surface area contributed by atoms with Gasteiger partial charge in [0, 0.05) is 19.1 Å². The molecule has 1 amide bonds. The van der Waals surface area contributed by atoms with Crippen LogP contribution >= 0.6 is 0 Å². The molecule has 1 aromatic rings. The minimum Gasteiger partial charge on any atom is -0.340 e. The number of carbonyl (C=O) groups is 1. The lowest BCUT2D eigenvalue weighted by Gasteiger charge is -2.23. The molecule has 0 spiro atoms. The smallest absolute Gasteiger partial charge is 0.236 e. The van der Waals surface area contributed by atoms with E-state index in [-0.39, 0.29) is 11.4 Å². The number of hydrogen-bond acceptors (Lipinski definition) is 2. The van der Waals surface area contributed by atoms with Gasteiger partial charge in [-0.2, -0.15) is 0 Å². The molecule has 0 aromatic heterocycles. The van der Waals surface area contributed by atoms with Crippen molar-refractivity contribution in [3.63, 3.8) is 0 Å². The van der Waals surface area contributed by atoms with Crippen molar-refractivity contribution in [1.29, 1.82) is 0 Å². The van der Waals surface area contributed by atoms with Crippen LogP contribution in [0.2, 0.25) is 0 Å². The Kier molecular flexibility index (Phi) is 4.91. The summed E-state index contributed by atoms with van der Waals surface area (Å²) in [5.74, 6) is 0.117. The first kappa shape index (κ1) is 14.7. The van der Waals surface area contributed by atoms with E-state index in [2.05, 4.69) is 45.1 Å². The number of rotatable bonds is 4. The standard InChI is InChI=1S/C15H24N2O/c1-12-7-6-8-13(9-12)11-17(5)14(18)10-16-15(2,3)4/h6-9,16H,10-11H2,1-5H3. The zero-order valence-electron chi connectivity index (χ0n) is 12.1. The maximum atomic E-state index is 11.9. The molecule has 100 valence electrons. The van der Waals surface area contributed by atoms with Crippen LogP contribution in [0.4, 0.5) is 0 Å². The highest BCUT2D eigenvalue weighted by Gasteiger charge is 2.14. The fourth-order valence-electron chi connectivity index (χ4n) is 1.65. The van der Waals surface area contributed by atoms with Crippen molar-refractivity contribution in [2.24, 2.45) is 0 Å². The number of nitrogens with zero attached hydrogens (tertiary/aromatic N) is 1. The summed E-state index contributed by atoms with van der Waals surface area (Å²) in [6, 6.07) is 8.25. The van der Waals surface area contributed by atoms with E-state index in [0.29, 0.717) is 13.1 Å². The van der Waals surface area contributed by atoms with Crippen LogP contribution in [0.3, 0.4) is 0 Å². The van der Waals surface area contributed by atoms with E-state index in [1.54, 1.807) is 4.90 Å². The lowest BCUT2D eigenvalue weighted by atomic mass is 10.1. The molecule has 0 aliphatic rings. The molecule has 1 N–H and O–H groups in total. The Balaban J connectivity index is 2.50. The summed E-state index contributed by atoms with van der Waals surface area (Å²) in [4.78, 5) is 13.7. The van der Waals surface area contributed by atoms with Crippen molar-refractivity contribution in [3.05, 3.63) is 35.4 Å². The highest BCUT2D eigenvalue weighted by Crippen LogP contribution is 2.07. The molecule has 3 nitrogen and oxygen atoms in total. The molecule has 0 radical (unpaired) electrons. The average molecular weight is 248 g/mol. The molecule has 0 aliphatic carbocycles. The third-order valence-corrected chi connectivity index (χ3v) is 2.70. The number of aryl methyl sites for hydroxylation is 1. The van der Waals surface area contributed by atoms with Crippen molar-refractivity contribution in [2.45, 2.75) is 39.8 Å². The van der Waals surface area contributed by atoms with Gasteiger partial charge in [-0.15, -0.1) is 0 Å². The lowest BCUT2D eigenvalue weighted by molar-refractivity contribution is -0.129. The molecule has 0 fully saturated rings. The second-order valence-electron chi connectivity index (χ2n) is 5.84. The van der Waals surface area contributed by atoms with E-state index in [1.807, 2.05) is 19.2 Å². The topological polar surface area (TPSA) is 32.3 Å². The summed E-state index contributed by atoms with van der Waals surface area (Å²) >= 11 is 0. The van der Waals surface area contributed by atoms with Gasteiger partial charge in [0.25, 0.3) is 0 Å². The Labute approximate surface area is 110 Å². The first-order valence-corrected chi connectivity index (χ1v) is 6.32. The van der Waals surface area contributed by atoms with E-state index in [0.717, 1.165) is 0 Å². The number of carbonyl (C=O) groups excluding carboxylic acids is 1. The molecule has 1 rings (SSSR count). The Bertz CT molecular complexity index is 407. The fraction of sp³-hybridized carbons (Fsp3) is 0.533. The zero-order valence-corrected chi connectivity index (χ0v) is 12.1. The first-order chi connectivity index (χ1) is 8.28. The molecule has 0 bridgehead atoms. The highest BCUT2D eigenvalue weighted by molar-refractivity contribution is 5.78. The van der Waals surface area contributed by atoms with E-state index in [4.69, 9.17) is 0 Å². The molecule has 3 heteroatoms. The fourth-order valence-corrected chi connectivity index (χ4v) is 1.65. The van der Waals surface area contributed by atoms with Crippen LogP contribution in [-0.2, 0) is 11.3 Å². The van der Waals surface area contributed by atoms with Crippen LogP contribution in [-0.4, -0.2) is 29.9 Å². The zero-order chi connectivity index (χ0) is 13.8. The summed E-state index contributed by atoms with van der Waals surface area (Å²) in [6.07, 6.45) is 0. The van der Waals surface area contributed by atoms with E-state index in [1.165, 1.54) is 11.1 Å². The SMILES string of the molecule is Cc1cccc(CN(C)C(=O)CNC(C)(C)C)c1. The summed E-state index contributed by atoms with van der Waals surface area (Å²) in [6.45, 7) is 9.27. The number of amides is 1. The molecule has 1 aromatic carbocycles. The largest absolute Gasteiger partial charge is 0.340 e. The summed E-state index contributed by atoms with van der Waals surface area (Å²) in [7, 11) is 1.84. The molecule has 0 atom stereocenters. The monoisotopic (exact) mass is 248 g/mol. The number of likely N-dealkylation sites (N-methyl/N-ethyl adjacent to an activating group) is 1. The van der Waals surface area contributed by atoms with Gasteiger partial charge in [-0.05, 0) is 33.3 Å². The van der Waals surface area contributed by atoms with Gasteiger partial charge in [0.1, 0.15) is 0 Å². The quantitative estimate of drug-likeness (QED) is 0.887. The second-order valence-corrected chi connectivity index (χ2v) is 5.84. The molecule has 0 saturated heterocycles. The van der Waals surface area contributed by atoms with E-state index >= 15 is 0 Å². The van der Waals surface area contributed by atoms with E-state index < -0.39 is 0 Å². The van der Waals surface area contributed by atoms with Crippen LogP contribution < -0.4 is 5.32 Å². The van der Waals surface area contributed by atoms with Crippen LogP contribution in [0.15, 0.2) is 24.3 Å². The van der Waals surface area contributed by atoms with Crippen LogP contribution in [0, 0.1) is 6.92 Å². The third kappa shape index (κ3) is 5.32. The Hall–Kier alpha value is -1.35. The van der Waals surface area contributed by atoms with Gasteiger partial charge in [0.2, 0.25) is 5.91 Å². The van der Waals surface area contributed by atoms with Gasteiger partial charge in [0.15, 0.2) is 0 Å². The van der Waals surface area contributed by atoms with Gasteiger partial charge in [-0.25, -0.2) is 0 Å². The maximum absolute atomic E-state index is 11.9. The van der Waals surface area contributed by atoms with Crippen LogP contribution in [0.1, 0.15) is 31.9 Å². The number of benzene rings is 1. The lowest BCUT2D eigenvalue weighted by Crippen LogP contribution is -2.43. The van der Waals surface area contributed by atoms with Gasteiger partial charge < -0.3 is 10.2 Å². The first-order valence-electron chi connectivity index (χ1n) is 6.32. The minimum absolute atomic E-state index is 0.0279. The number of nitrogens with one attached hydrogen (secondary N) is 1. The molecule has 18 heavy (non-hydrogen) atoms. The third-order valence-electron chi connectivity index (χ3n) is 2.70. The van der Waals surface area contributed by atoms with Gasteiger partial charge in [-0.1, -0.05) is 29.8 Å². The molecule has 0 aliphatic heterocycles. The summed E-state index contributed by atoms with van der Waals surface area (Å²) in [5, 5.41) is 3.21. The predicted molar refractivity (Wildman–Crippen MR) is 75.4 cm³/mol. The van der Waals surface area contributed by atoms with Crippen molar-refractivity contribution >= 4 is 5.91 Å². The minimum atomic E-state index is -0.0279. The molecular weight excluding hydrogens is 224 g/mol. The van der Waals surface area contributed by atoms with Crippen molar-refractivity contribution in [3.8, 4) is 0 Å². The van der Waals surface area contributed by atoms with Gasteiger partial charge >= 0.3 is 0 Å². The van der Waals surface area contributed by atoms with Crippen LogP contribution in [0.5, 0.6) is 0 Å². The Morgan fingerprint density at radius 1 is 1.33 bits per heavy atom. The van der Waals surface area contributed by atoms with Crippen molar-refractivity contribution in [1.82, 2.24) is 10.2 Å². The van der Waals surface area contributed by atoms with Gasteiger partial charge in [0.05, 0.1) is 6.54 Å². The average Bonchev–Trinajstić information content (AvgIpc) is 2.24. The summed E-state index contributed by atoms with van der Waals surface area (Å²) < 4.78 is 0. The molecule has 0 unspecified atom stereocenters. The van der Waals surface area contributed by atoms with Crippen LogP contribution in [0.25, 0.3) is 0 Å². The summed E-state index contributed by atoms with van der Waals surface area (Å²) in [5.41, 5.74) is 2.36. The highest BCUT2D eigenvalue weighted by atomic mass is 16.2. The van der Waals surface area contributed by atoms with Gasteiger partial charge in [-0.3, -0.25) is 4.79 Å². The van der Waals surface area contributed by atoms with Crippen molar-refractivity contribution in [2.75, 3.05) is 13.6 Å². The Morgan fingerprint density at radius 3 is 2.56 bits per heavy atom. The van der Waals surface area contributed by atoms with Crippen molar-refractivity contribution < 1.29 is 4.79 Å². The normalized spacial score (nSPS) is 11.4. The predicted octanol–water partition coefficient (Wildman–Crippen LogP) is 2.34. The second kappa shape index (κ2) is 6.01. The molecule has 0 saturated carbocycles. The van der Waals surface area contributed by atoms with E-state index in [9.17, 15) is 4.79 Å². The Morgan fingerprint density at radius 2 is 2.00 bits per heavy atom. The number of hydrogen-bond donors (Lipinski definition) is 1. The molecular formula is C15H24N2O. The molecule has 0 heterocycles. The maximum Gasteiger partial charge on any atom is 0.236 e.